The quantitative estimate of drug-likeness (QED) is 0.851. The maximum Gasteiger partial charge on any atom is 0.161 e. The minimum absolute atomic E-state index is 0.195. The molecule has 0 unspecified atom stereocenters. The van der Waals surface area contributed by atoms with Crippen LogP contribution >= 0.6 is 11.3 Å². The van der Waals surface area contributed by atoms with Gasteiger partial charge < -0.3 is 15.2 Å². The van der Waals surface area contributed by atoms with E-state index in [-0.39, 0.29) is 5.75 Å². The molecule has 2 N–H and O–H groups in total. The minimum atomic E-state index is 0.195. The van der Waals surface area contributed by atoms with E-state index < -0.39 is 0 Å². The fourth-order valence-corrected chi connectivity index (χ4v) is 3.03. The number of phenols is 1. The highest BCUT2D eigenvalue weighted by molar-refractivity contribution is 7.12. The first-order valence-corrected chi connectivity index (χ1v) is 7.63. The highest BCUT2D eigenvalue weighted by Crippen LogP contribution is 2.27. The molecule has 4 heteroatoms. The Labute approximate surface area is 124 Å². The minimum Gasteiger partial charge on any atom is -0.504 e. The number of aryl methyl sites for hydroxylation is 2. The summed E-state index contributed by atoms with van der Waals surface area (Å²) in [7, 11) is 0. The van der Waals surface area contributed by atoms with Gasteiger partial charge >= 0.3 is 0 Å². The van der Waals surface area contributed by atoms with Gasteiger partial charge in [-0.15, -0.1) is 11.3 Å². The lowest BCUT2D eigenvalue weighted by molar-refractivity contribution is 0.317. The molecule has 2 aromatic rings. The fraction of sp³-hybridized carbons (Fsp3) is 0.375. The lowest BCUT2D eigenvalue weighted by Gasteiger charge is -2.09. The van der Waals surface area contributed by atoms with E-state index >= 15 is 0 Å². The van der Waals surface area contributed by atoms with E-state index in [1.165, 1.54) is 15.3 Å². The van der Waals surface area contributed by atoms with Gasteiger partial charge in [0.05, 0.1) is 6.61 Å². The van der Waals surface area contributed by atoms with Crippen LogP contribution < -0.4 is 10.1 Å². The summed E-state index contributed by atoms with van der Waals surface area (Å²) < 4.78 is 5.39. The van der Waals surface area contributed by atoms with Crippen LogP contribution in [0.25, 0.3) is 0 Å². The van der Waals surface area contributed by atoms with Crippen LogP contribution in [0.1, 0.15) is 27.8 Å². The summed E-state index contributed by atoms with van der Waals surface area (Å²) in [5.74, 6) is 0.745. The van der Waals surface area contributed by atoms with Crippen LogP contribution in [0.4, 0.5) is 0 Å². The molecule has 1 heterocycles. The van der Waals surface area contributed by atoms with Crippen molar-refractivity contribution in [3.63, 3.8) is 0 Å². The molecule has 0 aliphatic rings. The van der Waals surface area contributed by atoms with Crippen molar-refractivity contribution in [1.29, 1.82) is 0 Å². The number of rotatable bonds is 6. The van der Waals surface area contributed by atoms with E-state index in [9.17, 15) is 5.11 Å². The molecule has 0 radical (unpaired) electrons. The Kier molecular flexibility index (Phi) is 5.04. The third-order valence-electron chi connectivity index (χ3n) is 3.17. The Hall–Kier alpha value is -1.52. The van der Waals surface area contributed by atoms with Crippen LogP contribution in [-0.2, 0) is 13.1 Å². The van der Waals surface area contributed by atoms with Gasteiger partial charge in [0.15, 0.2) is 11.5 Å². The normalized spacial score (nSPS) is 10.8. The second kappa shape index (κ2) is 6.77. The Bertz CT molecular complexity index is 558. The Morgan fingerprint density at radius 1 is 1.20 bits per heavy atom. The Morgan fingerprint density at radius 3 is 2.65 bits per heavy atom. The molecule has 0 bridgehead atoms. The predicted molar refractivity (Wildman–Crippen MR) is 83.6 cm³/mol. The highest BCUT2D eigenvalue weighted by atomic mass is 32.1. The van der Waals surface area contributed by atoms with E-state index in [1.54, 1.807) is 6.07 Å². The first-order chi connectivity index (χ1) is 9.60. The van der Waals surface area contributed by atoms with Gasteiger partial charge in [-0.1, -0.05) is 6.07 Å². The summed E-state index contributed by atoms with van der Waals surface area (Å²) in [6.45, 7) is 8.38. The number of phenolic OH excluding ortho intramolecular Hbond substituents is 1. The van der Waals surface area contributed by atoms with Crippen molar-refractivity contribution in [2.24, 2.45) is 0 Å². The number of hydrogen-bond donors (Lipinski definition) is 2. The summed E-state index contributed by atoms with van der Waals surface area (Å²) >= 11 is 1.84. The van der Waals surface area contributed by atoms with Crippen molar-refractivity contribution >= 4 is 11.3 Å². The second-order valence-electron chi connectivity index (χ2n) is 4.79. The van der Waals surface area contributed by atoms with Crippen molar-refractivity contribution in [3.05, 3.63) is 45.1 Å². The first-order valence-electron chi connectivity index (χ1n) is 6.81. The second-order valence-corrected chi connectivity index (χ2v) is 6.13. The maximum atomic E-state index is 9.66. The van der Waals surface area contributed by atoms with Crippen LogP contribution in [-0.4, -0.2) is 11.7 Å². The molecule has 1 aromatic carbocycles. The zero-order valence-corrected chi connectivity index (χ0v) is 13.0. The van der Waals surface area contributed by atoms with E-state index in [0.29, 0.717) is 12.4 Å². The number of ether oxygens (including phenoxy) is 1. The number of thiophene rings is 1. The van der Waals surface area contributed by atoms with Crippen molar-refractivity contribution in [2.45, 2.75) is 33.9 Å². The zero-order valence-electron chi connectivity index (χ0n) is 12.2. The third-order valence-corrected chi connectivity index (χ3v) is 4.32. The van der Waals surface area contributed by atoms with Crippen LogP contribution in [0.5, 0.6) is 11.5 Å². The average molecular weight is 291 g/mol. The molecule has 0 amide bonds. The molecule has 3 nitrogen and oxygen atoms in total. The van der Waals surface area contributed by atoms with E-state index in [4.69, 9.17) is 4.74 Å². The lowest BCUT2D eigenvalue weighted by atomic mass is 10.2. The van der Waals surface area contributed by atoms with Gasteiger partial charge in [0.25, 0.3) is 0 Å². The van der Waals surface area contributed by atoms with Crippen LogP contribution in [0.3, 0.4) is 0 Å². The number of benzene rings is 1. The highest BCUT2D eigenvalue weighted by Gasteiger charge is 2.04. The SMILES string of the molecule is CCOc1cc(CNCc2cc(C)c(C)s2)ccc1O. The number of aromatic hydroxyl groups is 1. The molecule has 0 aliphatic heterocycles. The molecule has 0 spiro atoms. The van der Waals surface area contributed by atoms with Crippen molar-refractivity contribution in [1.82, 2.24) is 5.32 Å². The summed E-state index contributed by atoms with van der Waals surface area (Å²) in [5.41, 5.74) is 2.46. The molecule has 0 saturated carbocycles. The molecule has 108 valence electrons. The van der Waals surface area contributed by atoms with Gasteiger partial charge in [0.1, 0.15) is 0 Å². The Morgan fingerprint density at radius 2 is 2.00 bits per heavy atom. The molecule has 0 saturated heterocycles. The van der Waals surface area contributed by atoms with Crippen LogP contribution in [0.2, 0.25) is 0 Å². The summed E-state index contributed by atoms with van der Waals surface area (Å²) in [4.78, 5) is 2.73. The molecule has 1 aromatic heterocycles. The number of nitrogens with one attached hydrogen (secondary N) is 1. The van der Waals surface area contributed by atoms with Gasteiger partial charge in [-0.25, -0.2) is 0 Å². The summed E-state index contributed by atoms with van der Waals surface area (Å²) in [6.07, 6.45) is 0. The van der Waals surface area contributed by atoms with E-state index in [2.05, 4.69) is 25.2 Å². The van der Waals surface area contributed by atoms with Gasteiger partial charge in [0, 0.05) is 22.8 Å². The standard InChI is InChI=1S/C16H21NO2S/c1-4-19-16-8-13(5-6-15(16)18)9-17-10-14-7-11(2)12(3)20-14/h5-8,17-18H,4,9-10H2,1-3H3. The molecular weight excluding hydrogens is 270 g/mol. The van der Waals surface area contributed by atoms with E-state index in [0.717, 1.165) is 18.7 Å². The predicted octanol–water partition coefficient (Wildman–Crippen LogP) is 3.76. The molecule has 0 aliphatic carbocycles. The average Bonchev–Trinajstić information content (AvgIpc) is 2.73. The van der Waals surface area contributed by atoms with E-state index in [1.807, 2.05) is 30.4 Å². The molecule has 0 atom stereocenters. The molecular formula is C16H21NO2S. The zero-order chi connectivity index (χ0) is 14.5. The van der Waals surface area contributed by atoms with Gasteiger partial charge in [0.2, 0.25) is 0 Å². The lowest BCUT2D eigenvalue weighted by Crippen LogP contribution is -2.11. The first kappa shape index (κ1) is 14.9. The van der Waals surface area contributed by atoms with Crippen LogP contribution in [0, 0.1) is 13.8 Å². The third kappa shape index (κ3) is 3.74. The molecule has 0 fully saturated rings. The van der Waals surface area contributed by atoms with Crippen LogP contribution in [0.15, 0.2) is 24.3 Å². The summed E-state index contributed by atoms with van der Waals surface area (Å²) in [5, 5.41) is 13.1. The molecule has 20 heavy (non-hydrogen) atoms. The van der Waals surface area contributed by atoms with Gasteiger partial charge in [-0.3, -0.25) is 0 Å². The van der Waals surface area contributed by atoms with Crippen molar-refractivity contribution < 1.29 is 9.84 Å². The monoisotopic (exact) mass is 291 g/mol. The topological polar surface area (TPSA) is 41.5 Å². The summed E-state index contributed by atoms with van der Waals surface area (Å²) in [6, 6.07) is 7.71. The van der Waals surface area contributed by atoms with Crippen molar-refractivity contribution in [2.75, 3.05) is 6.61 Å². The fourth-order valence-electron chi connectivity index (χ4n) is 2.01. The van der Waals surface area contributed by atoms with Gasteiger partial charge in [-0.05, 0) is 50.1 Å². The maximum absolute atomic E-state index is 9.66. The van der Waals surface area contributed by atoms with Crippen molar-refractivity contribution in [3.8, 4) is 11.5 Å². The number of hydrogen-bond acceptors (Lipinski definition) is 4. The largest absolute Gasteiger partial charge is 0.504 e. The smallest absolute Gasteiger partial charge is 0.161 e. The molecule has 2 rings (SSSR count). The Balaban J connectivity index is 1.92. The van der Waals surface area contributed by atoms with Gasteiger partial charge in [-0.2, -0.15) is 0 Å².